The van der Waals surface area contributed by atoms with Gasteiger partial charge in [-0.3, -0.25) is 5.84 Å². The number of methoxy groups -OCH3 is 1. The molecule has 0 fully saturated rings. The summed E-state index contributed by atoms with van der Waals surface area (Å²) in [4.78, 5) is 0. The van der Waals surface area contributed by atoms with E-state index >= 15 is 0 Å². The molecule has 0 saturated carbocycles. The van der Waals surface area contributed by atoms with Gasteiger partial charge < -0.3 is 10.1 Å². The Morgan fingerprint density at radius 1 is 1.38 bits per heavy atom. The summed E-state index contributed by atoms with van der Waals surface area (Å²) in [6.45, 7) is 5.83. The molecule has 90 valence electrons. The molecular weight excluding hydrogens is 202 g/mol. The van der Waals surface area contributed by atoms with Gasteiger partial charge >= 0.3 is 0 Å². The van der Waals surface area contributed by atoms with Gasteiger partial charge in [-0.15, -0.1) is 0 Å². The van der Waals surface area contributed by atoms with Gasteiger partial charge in [-0.25, -0.2) is 5.43 Å². The molecule has 16 heavy (non-hydrogen) atoms. The van der Waals surface area contributed by atoms with Gasteiger partial charge in [0.05, 0.1) is 13.8 Å². The van der Waals surface area contributed by atoms with Crippen molar-refractivity contribution >= 4 is 0 Å². The zero-order valence-electron chi connectivity index (χ0n) is 10.2. The van der Waals surface area contributed by atoms with Gasteiger partial charge in [0.1, 0.15) is 5.75 Å². The molecule has 4 heteroatoms. The maximum absolute atomic E-state index is 5.22. The molecule has 1 rings (SSSR count). The second kappa shape index (κ2) is 5.84. The summed E-state index contributed by atoms with van der Waals surface area (Å²) in [7, 11) is 1.68. The van der Waals surface area contributed by atoms with Gasteiger partial charge in [0.2, 0.25) is 0 Å². The van der Waals surface area contributed by atoms with Gasteiger partial charge in [-0.2, -0.15) is 0 Å². The van der Waals surface area contributed by atoms with Crippen molar-refractivity contribution in [3.63, 3.8) is 0 Å². The number of hydrazine groups is 1. The molecule has 0 amide bonds. The molecule has 0 aliphatic carbocycles. The molecule has 0 spiro atoms. The fourth-order valence-corrected chi connectivity index (χ4v) is 1.59. The largest absolute Gasteiger partial charge is 0.497 e. The predicted molar refractivity (Wildman–Crippen MR) is 66.2 cm³/mol. The van der Waals surface area contributed by atoms with Crippen LogP contribution >= 0.6 is 0 Å². The Balaban J connectivity index is 2.72. The van der Waals surface area contributed by atoms with Gasteiger partial charge in [-0.05, 0) is 17.7 Å². The quantitative estimate of drug-likeness (QED) is 0.291. The van der Waals surface area contributed by atoms with Crippen LogP contribution in [-0.2, 0) is 5.41 Å². The summed E-state index contributed by atoms with van der Waals surface area (Å²) in [6, 6.07) is 8.14. The maximum atomic E-state index is 5.22. The number of rotatable bonds is 6. The van der Waals surface area contributed by atoms with E-state index in [4.69, 9.17) is 10.6 Å². The first-order valence-corrected chi connectivity index (χ1v) is 5.39. The molecule has 0 atom stereocenters. The number of ether oxygens (including phenoxy) is 1. The van der Waals surface area contributed by atoms with Crippen molar-refractivity contribution in [3.8, 4) is 5.75 Å². The van der Waals surface area contributed by atoms with Crippen LogP contribution in [0.5, 0.6) is 5.75 Å². The summed E-state index contributed by atoms with van der Waals surface area (Å²) >= 11 is 0. The second-order valence-electron chi connectivity index (χ2n) is 4.42. The highest BCUT2D eigenvalue weighted by Gasteiger charge is 2.20. The molecule has 0 aliphatic heterocycles. The number of hydrogen-bond donors (Lipinski definition) is 3. The van der Waals surface area contributed by atoms with Crippen LogP contribution in [0, 0.1) is 0 Å². The summed E-state index contributed by atoms with van der Waals surface area (Å²) in [5, 5.41) is 3.23. The summed E-state index contributed by atoms with van der Waals surface area (Å²) in [6.07, 6.45) is 0. The van der Waals surface area contributed by atoms with Gasteiger partial charge in [0.25, 0.3) is 0 Å². The van der Waals surface area contributed by atoms with Crippen LogP contribution in [0.4, 0.5) is 0 Å². The first kappa shape index (κ1) is 13.0. The number of nitrogens with one attached hydrogen (secondary N) is 2. The Bertz CT molecular complexity index is 326. The minimum Gasteiger partial charge on any atom is -0.497 e. The van der Waals surface area contributed by atoms with Crippen LogP contribution in [0.2, 0.25) is 0 Å². The summed E-state index contributed by atoms with van der Waals surface area (Å²) in [5.41, 5.74) is 3.87. The fraction of sp³-hybridized carbons (Fsp3) is 0.500. The minimum atomic E-state index is 0.0470. The lowest BCUT2D eigenvalue weighted by molar-refractivity contribution is 0.409. The first-order chi connectivity index (χ1) is 7.60. The highest BCUT2D eigenvalue weighted by molar-refractivity contribution is 5.33. The number of nitrogens with two attached hydrogens (primary N) is 1. The molecule has 1 aromatic rings. The van der Waals surface area contributed by atoms with E-state index in [1.807, 2.05) is 12.1 Å². The molecule has 0 aliphatic rings. The second-order valence-corrected chi connectivity index (χ2v) is 4.42. The lowest BCUT2D eigenvalue weighted by Crippen LogP contribution is -2.40. The summed E-state index contributed by atoms with van der Waals surface area (Å²) in [5.74, 6) is 6.10. The predicted octanol–water partition coefficient (Wildman–Crippen LogP) is 0.983. The van der Waals surface area contributed by atoms with E-state index in [1.54, 1.807) is 7.11 Å². The van der Waals surface area contributed by atoms with Crippen molar-refractivity contribution < 1.29 is 4.74 Å². The smallest absolute Gasteiger partial charge is 0.119 e. The monoisotopic (exact) mass is 223 g/mol. The van der Waals surface area contributed by atoms with Crippen molar-refractivity contribution in [3.05, 3.63) is 29.8 Å². The van der Waals surface area contributed by atoms with E-state index in [9.17, 15) is 0 Å². The maximum Gasteiger partial charge on any atom is 0.119 e. The van der Waals surface area contributed by atoms with E-state index in [0.717, 1.165) is 12.3 Å². The number of benzene rings is 1. The third-order valence-electron chi connectivity index (χ3n) is 2.65. The average molecular weight is 223 g/mol. The highest BCUT2D eigenvalue weighted by Crippen LogP contribution is 2.25. The molecule has 0 heterocycles. The molecule has 0 radical (unpaired) electrons. The zero-order chi connectivity index (χ0) is 12.0. The third kappa shape index (κ3) is 3.48. The van der Waals surface area contributed by atoms with E-state index < -0.39 is 0 Å². The summed E-state index contributed by atoms with van der Waals surface area (Å²) < 4.78 is 5.22. The van der Waals surface area contributed by atoms with Crippen molar-refractivity contribution in [2.45, 2.75) is 19.3 Å². The van der Waals surface area contributed by atoms with E-state index in [2.05, 4.69) is 36.7 Å². The molecule has 4 nitrogen and oxygen atoms in total. The minimum absolute atomic E-state index is 0.0470. The lowest BCUT2D eigenvalue weighted by atomic mass is 9.84. The van der Waals surface area contributed by atoms with Crippen molar-refractivity contribution in [1.82, 2.24) is 10.7 Å². The van der Waals surface area contributed by atoms with Crippen LogP contribution in [0.1, 0.15) is 19.4 Å². The Morgan fingerprint density at radius 2 is 2.12 bits per heavy atom. The van der Waals surface area contributed by atoms with Crippen LogP contribution in [-0.4, -0.2) is 20.3 Å². The van der Waals surface area contributed by atoms with E-state index in [1.165, 1.54) is 5.56 Å². The zero-order valence-corrected chi connectivity index (χ0v) is 10.2. The molecule has 4 N–H and O–H groups in total. The Morgan fingerprint density at radius 3 is 2.75 bits per heavy atom. The fourth-order valence-electron chi connectivity index (χ4n) is 1.59. The molecular formula is C12H21N3O. The molecule has 0 unspecified atom stereocenters. The van der Waals surface area contributed by atoms with Crippen LogP contribution in [0.15, 0.2) is 24.3 Å². The van der Waals surface area contributed by atoms with E-state index in [-0.39, 0.29) is 5.41 Å². The first-order valence-electron chi connectivity index (χ1n) is 5.39. The molecule has 1 aromatic carbocycles. The molecule has 0 saturated heterocycles. The van der Waals surface area contributed by atoms with Crippen molar-refractivity contribution in [1.29, 1.82) is 0 Å². The Labute approximate surface area is 97.1 Å². The third-order valence-corrected chi connectivity index (χ3v) is 2.65. The topological polar surface area (TPSA) is 59.3 Å². The van der Waals surface area contributed by atoms with Crippen LogP contribution in [0.25, 0.3) is 0 Å². The normalized spacial score (nSPS) is 11.5. The van der Waals surface area contributed by atoms with Crippen LogP contribution in [0.3, 0.4) is 0 Å². The van der Waals surface area contributed by atoms with Gasteiger partial charge in [0, 0.05) is 12.0 Å². The standard InChI is InChI=1S/C12H21N3O/c1-12(2,8-14-9-15-13)10-5-4-6-11(7-10)16-3/h4-7,14-15H,8-9,13H2,1-3H3. The Hall–Kier alpha value is -1.10. The van der Waals surface area contributed by atoms with Crippen molar-refractivity contribution in [2.75, 3.05) is 20.3 Å². The van der Waals surface area contributed by atoms with E-state index in [0.29, 0.717) is 6.67 Å². The SMILES string of the molecule is COc1cccc(C(C)(C)CNCNN)c1. The number of hydrogen-bond acceptors (Lipinski definition) is 4. The average Bonchev–Trinajstić information content (AvgIpc) is 2.29. The lowest BCUT2D eigenvalue weighted by Gasteiger charge is -2.26. The highest BCUT2D eigenvalue weighted by atomic mass is 16.5. The molecule has 0 bridgehead atoms. The van der Waals surface area contributed by atoms with Gasteiger partial charge in [0.15, 0.2) is 0 Å². The molecule has 0 aromatic heterocycles. The van der Waals surface area contributed by atoms with Crippen LogP contribution < -0.4 is 21.3 Å². The van der Waals surface area contributed by atoms with Crippen molar-refractivity contribution in [2.24, 2.45) is 5.84 Å². The van der Waals surface area contributed by atoms with Gasteiger partial charge in [-0.1, -0.05) is 26.0 Å². The Kier molecular flexibility index (Phi) is 4.73.